The number of carbonyl (C=O) groups is 1. The third-order valence-corrected chi connectivity index (χ3v) is 3.70. The second-order valence-corrected chi connectivity index (χ2v) is 5.61. The molecule has 0 fully saturated rings. The number of nitrogens with one attached hydrogen (secondary N) is 1. The van der Waals surface area contributed by atoms with E-state index in [9.17, 15) is 9.59 Å². The molecule has 0 radical (unpaired) electrons. The molecule has 1 N–H and O–H groups in total. The van der Waals surface area contributed by atoms with Gasteiger partial charge in [0, 0.05) is 16.6 Å². The molecule has 0 bridgehead atoms. The van der Waals surface area contributed by atoms with Crippen molar-refractivity contribution in [2.45, 2.75) is 6.92 Å². The average molecular weight is 348 g/mol. The fourth-order valence-electron chi connectivity index (χ4n) is 2.02. The molecule has 23 heavy (non-hydrogen) atoms. The van der Waals surface area contributed by atoms with Crippen LogP contribution in [-0.2, 0) is 0 Å². The minimum absolute atomic E-state index is 0.104. The highest BCUT2D eigenvalue weighted by atomic mass is 35.5. The van der Waals surface area contributed by atoms with E-state index >= 15 is 0 Å². The first-order valence-electron chi connectivity index (χ1n) is 7.07. The van der Waals surface area contributed by atoms with Gasteiger partial charge in [0.25, 0.3) is 0 Å². The Kier molecular flexibility index (Phi) is 5.97. The van der Waals surface area contributed by atoms with Crippen LogP contribution in [0, 0.1) is 0 Å². The molecule has 0 saturated carbocycles. The van der Waals surface area contributed by atoms with E-state index in [2.05, 4.69) is 5.32 Å². The molecule has 2 aromatic rings. The summed E-state index contributed by atoms with van der Waals surface area (Å²) in [5.74, 6) is -0.378. The van der Waals surface area contributed by atoms with E-state index in [1.54, 1.807) is 42.5 Å². The Morgan fingerprint density at radius 3 is 2.61 bits per heavy atom. The van der Waals surface area contributed by atoms with Crippen LogP contribution in [0.3, 0.4) is 0 Å². The van der Waals surface area contributed by atoms with Gasteiger partial charge in [0.2, 0.25) is 5.43 Å². The second-order valence-electron chi connectivity index (χ2n) is 4.77. The number of anilines is 1. The van der Waals surface area contributed by atoms with Crippen LogP contribution in [-0.4, -0.2) is 12.3 Å². The Bertz CT molecular complexity index is 816. The summed E-state index contributed by atoms with van der Waals surface area (Å²) in [7, 11) is 0. The van der Waals surface area contributed by atoms with E-state index in [1.807, 2.05) is 6.92 Å². The molecule has 0 aliphatic heterocycles. The van der Waals surface area contributed by atoms with Gasteiger partial charge in [0.1, 0.15) is 0 Å². The van der Waals surface area contributed by atoms with Gasteiger partial charge in [-0.3, -0.25) is 9.59 Å². The van der Waals surface area contributed by atoms with Gasteiger partial charge < -0.3 is 5.32 Å². The predicted molar refractivity (Wildman–Crippen MR) is 96.7 cm³/mol. The maximum atomic E-state index is 12.4. The second kappa shape index (κ2) is 7.95. The molecule has 0 heterocycles. The zero-order chi connectivity index (χ0) is 16.8. The first-order chi connectivity index (χ1) is 11.0. The maximum absolute atomic E-state index is 12.4. The molecule has 0 amide bonds. The topological polar surface area (TPSA) is 46.2 Å². The molecule has 2 rings (SSSR count). The predicted octanol–water partition coefficient (Wildman–Crippen LogP) is 4.68. The average Bonchev–Trinajstić information content (AvgIpc) is 2.69. The first kappa shape index (κ1) is 17.3. The van der Waals surface area contributed by atoms with Crippen molar-refractivity contribution in [1.82, 2.24) is 0 Å². The highest BCUT2D eigenvalue weighted by Crippen LogP contribution is 2.22. The summed E-state index contributed by atoms with van der Waals surface area (Å²) in [4.78, 5) is 24.7. The molecule has 0 saturated heterocycles. The maximum Gasteiger partial charge on any atom is 0.212 e. The van der Waals surface area contributed by atoms with Crippen molar-refractivity contribution >= 4 is 40.7 Å². The summed E-state index contributed by atoms with van der Waals surface area (Å²) in [5.41, 5.74) is 0.837. The molecule has 3 nitrogen and oxygen atoms in total. The number of hydrogen-bond donors (Lipinski definition) is 1. The monoisotopic (exact) mass is 347 g/mol. The van der Waals surface area contributed by atoms with Gasteiger partial charge in [0.05, 0.1) is 11.3 Å². The Morgan fingerprint density at radius 1 is 1.17 bits per heavy atom. The summed E-state index contributed by atoms with van der Waals surface area (Å²) in [5, 5.41) is 3.92. The van der Waals surface area contributed by atoms with Crippen LogP contribution in [0.1, 0.15) is 22.8 Å². The summed E-state index contributed by atoms with van der Waals surface area (Å²) in [6.07, 6.45) is 2.90. The molecule has 0 aromatic heterocycles. The lowest BCUT2D eigenvalue weighted by atomic mass is 10.1. The van der Waals surface area contributed by atoms with Crippen molar-refractivity contribution < 1.29 is 4.79 Å². The Hall–Kier alpha value is -2.10. The van der Waals surface area contributed by atoms with Gasteiger partial charge in [-0.2, -0.15) is 0 Å². The Labute approximate surface area is 144 Å². The minimum Gasteiger partial charge on any atom is -0.382 e. The van der Waals surface area contributed by atoms with Crippen LogP contribution < -0.4 is 10.7 Å². The largest absolute Gasteiger partial charge is 0.382 e. The van der Waals surface area contributed by atoms with E-state index in [-0.39, 0.29) is 16.8 Å². The standard InChI is InChI=1S/C18H15Cl2NO2/c1-2-21-16-6-4-3-5-14(18(16)23)17(22)10-8-12-7-9-13(19)11-15(12)20/h3-11H,2H2,1H3,(H,21,23). The minimum atomic E-state index is -0.378. The molecule has 0 atom stereocenters. The first-order valence-corrected chi connectivity index (χ1v) is 7.83. The van der Waals surface area contributed by atoms with Crippen molar-refractivity contribution in [3.63, 3.8) is 0 Å². The molecular weight excluding hydrogens is 333 g/mol. The van der Waals surface area contributed by atoms with E-state index in [4.69, 9.17) is 23.2 Å². The summed E-state index contributed by atoms with van der Waals surface area (Å²) in [6.45, 7) is 2.49. The van der Waals surface area contributed by atoms with Crippen molar-refractivity contribution in [2.75, 3.05) is 11.9 Å². The fourth-order valence-corrected chi connectivity index (χ4v) is 2.49. The molecule has 0 unspecified atom stereocenters. The van der Waals surface area contributed by atoms with Crippen LogP contribution in [0.2, 0.25) is 10.0 Å². The zero-order valence-electron chi connectivity index (χ0n) is 12.5. The van der Waals surface area contributed by atoms with E-state index in [0.717, 1.165) is 0 Å². The molecule has 118 valence electrons. The molecule has 0 aliphatic carbocycles. The van der Waals surface area contributed by atoms with E-state index in [0.29, 0.717) is 27.8 Å². The lowest BCUT2D eigenvalue weighted by Gasteiger charge is -2.00. The van der Waals surface area contributed by atoms with Crippen molar-refractivity contribution in [2.24, 2.45) is 0 Å². The van der Waals surface area contributed by atoms with Crippen LogP contribution in [0.5, 0.6) is 0 Å². The summed E-state index contributed by atoms with van der Waals surface area (Å²) in [6, 6.07) is 11.5. The van der Waals surface area contributed by atoms with E-state index in [1.165, 1.54) is 12.1 Å². The number of rotatable bonds is 5. The lowest BCUT2D eigenvalue weighted by Crippen LogP contribution is -2.15. The third-order valence-electron chi connectivity index (χ3n) is 3.14. The van der Waals surface area contributed by atoms with Gasteiger partial charge in [-0.25, -0.2) is 0 Å². The molecule has 0 aliphatic rings. The lowest BCUT2D eigenvalue weighted by molar-refractivity contribution is 0.104. The highest BCUT2D eigenvalue weighted by Gasteiger charge is 2.09. The highest BCUT2D eigenvalue weighted by molar-refractivity contribution is 6.35. The van der Waals surface area contributed by atoms with E-state index < -0.39 is 0 Å². The molecular formula is C18H15Cl2NO2. The number of carbonyl (C=O) groups excluding carboxylic acids is 1. The van der Waals surface area contributed by atoms with Crippen molar-refractivity contribution in [1.29, 1.82) is 0 Å². The van der Waals surface area contributed by atoms with Crippen LogP contribution in [0.15, 0.2) is 53.3 Å². The number of halogens is 2. The Balaban J connectivity index is 2.34. The number of benzene rings is 1. The van der Waals surface area contributed by atoms with Crippen LogP contribution in [0.25, 0.3) is 6.08 Å². The van der Waals surface area contributed by atoms with Crippen LogP contribution >= 0.6 is 23.2 Å². The van der Waals surface area contributed by atoms with Gasteiger partial charge in [-0.15, -0.1) is 0 Å². The van der Waals surface area contributed by atoms with Gasteiger partial charge in [-0.05, 0) is 48.9 Å². The normalized spacial score (nSPS) is 10.7. The number of hydrogen-bond acceptors (Lipinski definition) is 3. The van der Waals surface area contributed by atoms with Crippen LogP contribution in [0.4, 0.5) is 5.69 Å². The Morgan fingerprint density at radius 2 is 1.91 bits per heavy atom. The molecule has 0 spiro atoms. The number of allylic oxidation sites excluding steroid dienone is 1. The molecule has 2 aromatic carbocycles. The van der Waals surface area contributed by atoms with Crippen molar-refractivity contribution in [3.8, 4) is 0 Å². The molecule has 5 heteroatoms. The fraction of sp³-hybridized carbons (Fsp3) is 0.111. The summed E-state index contributed by atoms with van der Waals surface area (Å²) >= 11 is 11.9. The SMILES string of the molecule is CCNc1ccccc(C(=O)C=Cc2ccc(Cl)cc2Cl)c1=O. The smallest absolute Gasteiger partial charge is 0.212 e. The van der Waals surface area contributed by atoms with Crippen molar-refractivity contribution in [3.05, 3.63) is 79.9 Å². The van der Waals surface area contributed by atoms with Gasteiger partial charge in [0.15, 0.2) is 5.78 Å². The quantitative estimate of drug-likeness (QED) is 0.630. The summed E-state index contributed by atoms with van der Waals surface area (Å²) < 4.78 is 0. The number of ketones is 1. The zero-order valence-corrected chi connectivity index (χ0v) is 14.0. The van der Waals surface area contributed by atoms with Gasteiger partial charge in [-0.1, -0.05) is 41.4 Å². The third kappa shape index (κ3) is 4.44. The van der Waals surface area contributed by atoms with Gasteiger partial charge >= 0.3 is 0 Å².